The molecule has 3 N–H and O–H groups in total. The summed E-state index contributed by atoms with van der Waals surface area (Å²) in [5, 5.41) is 0. The van der Waals surface area contributed by atoms with Gasteiger partial charge in [-0.05, 0) is 55.9 Å². The topological polar surface area (TPSA) is 38.0 Å². The molecule has 2 aromatic carbocycles. The number of rotatable bonds is 5. The van der Waals surface area contributed by atoms with Crippen LogP contribution in [0.1, 0.15) is 40.3 Å². The Morgan fingerprint density at radius 1 is 0.950 bits per heavy atom. The van der Waals surface area contributed by atoms with Crippen molar-refractivity contribution in [3.05, 3.63) is 70.3 Å². The second-order valence-electron chi connectivity index (χ2n) is 5.59. The molecule has 2 nitrogen and oxygen atoms in total. The van der Waals surface area contributed by atoms with Gasteiger partial charge in [0.2, 0.25) is 0 Å². The minimum atomic E-state index is 0.204. The summed E-state index contributed by atoms with van der Waals surface area (Å²) in [7, 11) is 0. The molecule has 0 aliphatic heterocycles. The van der Waals surface area contributed by atoms with Crippen LogP contribution in [0.2, 0.25) is 0 Å². The van der Waals surface area contributed by atoms with Gasteiger partial charge in [0.25, 0.3) is 0 Å². The van der Waals surface area contributed by atoms with E-state index in [1.165, 1.54) is 27.8 Å². The van der Waals surface area contributed by atoms with Gasteiger partial charge in [-0.25, -0.2) is 0 Å². The Balaban J connectivity index is 2.05. The van der Waals surface area contributed by atoms with Crippen molar-refractivity contribution >= 4 is 0 Å². The molecule has 0 fully saturated rings. The Hall–Kier alpha value is -1.64. The zero-order valence-electron chi connectivity index (χ0n) is 12.6. The van der Waals surface area contributed by atoms with Crippen LogP contribution in [0.15, 0.2) is 42.5 Å². The van der Waals surface area contributed by atoms with E-state index in [4.69, 9.17) is 5.84 Å². The molecule has 0 radical (unpaired) electrons. The highest BCUT2D eigenvalue weighted by atomic mass is 15.2. The van der Waals surface area contributed by atoms with Crippen LogP contribution in [0, 0.1) is 20.8 Å². The Kier molecular flexibility index (Phi) is 4.94. The van der Waals surface area contributed by atoms with E-state index in [9.17, 15) is 0 Å². The van der Waals surface area contributed by atoms with E-state index in [0.29, 0.717) is 0 Å². The van der Waals surface area contributed by atoms with Crippen LogP contribution in [0.25, 0.3) is 0 Å². The molecule has 2 aromatic rings. The normalized spacial score (nSPS) is 12.4. The average Bonchev–Trinajstić information content (AvgIpc) is 2.45. The molecule has 0 aliphatic rings. The predicted octanol–water partition coefficient (Wildman–Crippen LogP) is 3.75. The monoisotopic (exact) mass is 268 g/mol. The van der Waals surface area contributed by atoms with Gasteiger partial charge in [-0.1, -0.05) is 48.0 Å². The first kappa shape index (κ1) is 14.8. The molecule has 2 heteroatoms. The number of hydrazine groups is 1. The molecule has 0 saturated carbocycles. The number of aryl methyl sites for hydroxylation is 4. The summed E-state index contributed by atoms with van der Waals surface area (Å²) in [6.07, 6.45) is 2.03. The first-order valence-electron chi connectivity index (χ1n) is 7.19. The fourth-order valence-electron chi connectivity index (χ4n) is 2.39. The molecule has 106 valence electrons. The highest BCUT2D eigenvalue weighted by Crippen LogP contribution is 2.21. The van der Waals surface area contributed by atoms with Crippen molar-refractivity contribution in [2.75, 3.05) is 0 Å². The summed E-state index contributed by atoms with van der Waals surface area (Å²) in [5.41, 5.74) is 9.52. The van der Waals surface area contributed by atoms with Crippen molar-refractivity contribution in [3.63, 3.8) is 0 Å². The Bertz CT molecular complexity index is 558. The minimum absolute atomic E-state index is 0.204. The highest BCUT2D eigenvalue weighted by Gasteiger charge is 2.10. The lowest BCUT2D eigenvalue weighted by Gasteiger charge is -2.17. The number of hydrogen-bond acceptors (Lipinski definition) is 2. The second-order valence-corrected chi connectivity index (χ2v) is 5.59. The molecule has 0 bridgehead atoms. The van der Waals surface area contributed by atoms with Crippen molar-refractivity contribution in [2.45, 2.75) is 39.7 Å². The van der Waals surface area contributed by atoms with Gasteiger partial charge in [-0.3, -0.25) is 11.3 Å². The molecule has 0 aliphatic carbocycles. The summed E-state index contributed by atoms with van der Waals surface area (Å²) < 4.78 is 0. The molecular weight excluding hydrogens is 244 g/mol. The summed E-state index contributed by atoms with van der Waals surface area (Å²) in [6.45, 7) is 6.39. The predicted molar refractivity (Wildman–Crippen MR) is 85.5 cm³/mol. The Morgan fingerprint density at radius 3 is 2.25 bits per heavy atom. The van der Waals surface area contributed by atoms with E-state index in [1.54, 1.807) is 0 Å². The lowest BCUT2D eigenvalue weighted by molar-refractivity contribution is 0.516. The number of nitrogens with two attached hydrogens (primary N) is 1. The highest BCUT2D eigenvalue weighted by molar-refractivity contribution is 5.32. The molecule has 0 saturated heterocycles. The van der Waals surface area contributed by atoms with E-state index in [-0.39, 0.29) is 6.04 Å². The summed E-state index contributed by atoms with van der Waals surface area (Å²) in [6, 6.07) is 15.5. The van der Waals surface area contributed by atoms with E-state index < -0.39 is 0 Å². The lowest BCUT2D eigenvalue weighted by atomic mass is 9.96. The fourth-order valence-corrected chi connectivity index (χ4v) is 2.39. The van der Waals surface area contributed by atoms with Crippen LogP contribution < -0.4 is 11.3 Å². The number of hydrogen-bond donors (Lipinski definition) is 2. The van der Waals surface area contributed by atoms with E-state index in [1.807, 2.05) is 0 Å². The van der Waals surface area contributed by atoms with Crippen molar-refractivity contribution in [1.82, 2.24) is 5.43 Å². The zero-order chi connectivity index (χ0) is 14.5. The summed E-state index contributed by atoms with van der Waals surface area (Å²) >= 11 is 0. The van der Waals surface area contributed by atoms with Gasteiger partial charge in [0.15, 0.2) is 0 Å². The molecule has 2 rings (SSSR count). The van der Waals surface area contributed by atoms with Crippen molar-refractivity contribution in [2.24, 2.45) is 5.84 Å². The zero-order valence-corrected chi connectivity index (χ0v) is 12.6. The van der Waals surface area contributed by atoms with Crippen molar-refractivity contribution < 1.29 is 0 Å². The number of benzene rings is 2. The van der Waals surface area contributed by atoms with Crippen LogP contribution in [0.4, 0.5) is 0 Å². The molecule has 1 atom stereocenters. The first-order chi connectivity index (χ1) is 9.60. The van der Waals surface area contributed by atoms with Gasteiger partial charge in [-0.15, -0.1) is 0 Å². The molecule has 0 aromatic heterocycles. The van der Waals surface area contributed by atoms with Gasteiger partial charge < -0.3 is 0 Å². The average molecular weight is 268 g/mol. The maximum Gasteiger partial charge on any atom is 0.0463 e. The van der Waals surface area contributed by atoms with Crippen LogP contribution in [-0.4, -0.2) is 0 Å². The van der Waals surface area contributed by atoms with E-state index in [2.05, 4.69) is 68.7 Å². The van der Waals surface area contributed by atoms with Gasteiger partial charge in [-0.2, -0.15) is 0 Å². The lowest BCUT2D eigenvalue weighted by Crippen LogP contribution is -2.28. The SMILES string of the molecule is Cc1ccc(CCC(NN)c2ccc(C)c(C)c2)cc1. The fraction of sp³-hybridized carbons (Fsp3) is 0.333. The third kappa shape index (κ3) is 3.69. The molecular formula is C18H24N2. The molecule has 0 heterocycles. The van der Waals surface area contributed by atoms with E-state index in [0.717, 1.165) is 12.8 Å². The largest absolute Gasteiger partial charge is 0.271 e. The van der Waals surface area contributed by atoms with Gasteiger partial charge in [0.1, 0.15) is 0 Å². The molecule has 1 unspecified atom stereocenters. The summed E-state index contributed by atoms with van der Waals surface area (Å²) in [5.74, 6) is 5.73. The third-order valence-corrected chi connectivity index (χ3v) is 3.98. The minimum Gasteiger partial charge on any atom is -0.271 e. The molecule has 0 amide bonds. The van der Waals surface area contributed by atoms with Crippen LogP contribution in [-0.2, 0) is 6.42 Å². The second kappa shape index (κ2) is 6.69. The Labute approximate surface area is 122 Å². The van der Waals surface area contributed by atoms with Gasteiger partial charge in [0, 0.05) is 6.04 Å². The van der Waals surface area contributed by atoms with Crippen LogP contribution in [0.5, 0.6) is 0 Å². The van der Waals surface area contributed by atoms with E-state index >= 15 is 0 Å². The maximum atomic E-state index is 5.73. The smallest absolute Gasteiger partial charge is 0.0463 e. The van der Waals surface area contributed by atoms with Crippen molar-refractivity contribution in [1.29, 1.82) is 0 Å². The quantitative estimate of drug-likeness (QED) is 0.640. The molecule has 0 spiro atoms. The third-order valence-electron chi connectivity index (χ3n) is 3.98. The Morgan fingerprint density at radius 2 is 1.65 bits per heavy atom. The molecule has 20 heavy (non-hydrogen) atoms. The maximum absolute atomic E-state index is 5.73. The summed E-state index contributed by atoms with van der Waals surface area (Å²) in [4.78, 5) is 0. The first-order valence-corrected chi connectivity index (χ1v) is 7.19. The van der Waals surface area contributed by atoms with Crippen LogP contribution >= 0.6 is 0 Å². The van der Waals surface area contributed by atoms with Crippen molar-refractivity contribution in [3.8, 4) is 0 Å². The standard InChI is InChI=1S/C18H24N2/c1-13-4-7-16(8-5-13)9-11-18(20-19)17-10-6-14(2)15(3)12-17/h4-8,10,12,18,20H,9,11,19H2,1-3H3. The number of nitrogens with one attached hydrogen (secondary N) is 1. The van der Waals surface area contributed by atoms with Crippen LogP contribution in [0.3, 0.4) is 0 Å². The van der Waals surface area contributed by atoms with Gasteiger partial charge >= 0.3 is 0 Å². The van der Waals surface area contributed by atoms with Gasteiger partial charge in [0.05, 0.1) is 0 Å².